The second-order valence-electron chi connectivity index (χ2n) is 13.1. The maximum Gasteiger partial charge on any atom is 0.235 e. The lowest BCUT2D eigenvalue weighted by atomic mass is 9.81. The monoisotopic (exact) mass is 587 g/mol. The second kappa shape index (κ2) is 9.12. The summed E-state index contributed by atoms with van der Waals surface area (Å²) in [4.78, 5) is 10.8. The fourth-order valence-electron chi connectivity index (χ4n) is 7.86. The molecule has 10 rings (SSSR count). The molecule has 7 aromatic carbocycles. The molecular formula is C43H29N3. The molecule has 1 aliphatic carbocycles. The zero-order valence-corrected chi connectivity index (χ0v) is 25.6. The summed E-state index contributed by atoms with van der Waals surface area (Å²) in [6.45, 7) is 4.72. The molecule has 0 saturated heterocycles. The maximum atomic E-state index is 5.39. The van der Waals surface area contributed by atoms with Gasteiger partial charge in [-0.1, -0.05) is 117 Å². The Bertz CT molecular complexity index is 2720. The predicted octanol–water partition coefficient (Wildman–Crippen LogP) is 11.0. The van der Waals surface area contributed by atoms with Gasteiger partial charge in [-0.25, -0.2) is 9.97 Å². The Balaban J connectivity index is 1.32. The first-order valence-corrected chi connectivity index (χ1v) is 15.9. The Morgan fingerprint density at radius 3 is 1.96 bits per heavy atom. The molecule has 9 aromatic rings. The molecule has 0 atom stereocenters. The van der Waals surface area contributed by atoms with Gasteiger partial charge >= 0.3 is 0 Å². The van der Waals surface area contributed by atoms with Crippen LogP contribution in [0.5, 0.6) is 0 Å². The molecule has 0 amide bonds. The first kappa shape index (κ1) is 25.5. The van der Waals surface area contributed by atoms with Crippen LogP contribution in [0.2, 0.25) is 0 Å². The molecule has 0 radical (unpaired) electrons. The van der Waals surface area contributed by atoms with E-state index >= 15 is 0 Å². The van der Waals surface area contributed by atoms with Crippen LogP contribution in [0.25, 0.3) is 82.6 Å². The number of benzene rings is 7. The average Bonchev–Trinajstić information content (AvgIpc) is 3.54. The SMILES string of the molecule is CC1(C)c2cc3ccccc3cc2-c2cc3c4ccccc4n(-c4nc(-c5ccccc5)c5ccc6ccccc6c5n4)c3cc21. The number of rotatable bonds is 2. The zero-order valence-electron chi connectivity index (χ0n) is 25.6. The van der Waals surface area contributed by atoms with Crippen LogP contribution in [0.3, 0.4) is 0 Å². The van der Waals surface area contributed by atoms with Gasteiger partial charge in [0.25, 0.3) is 0 Å². The van der Waals surface area contributed by atoms with Crippen molar-refractivity contribution in [1.29, 1.82) is 0 Å². The molecule has 0 unspecified atom stereocenters. The van der Waals surface area contributed by atoms with Gasteiger partial charge in [0.15, 0.2) is 0 Å². The molecule has 3 heteroatoms. The number of para-hydroxylation sites is 1. The summed E-state index contributed by atoms with van der Waals surface area (Å²) in [7, 11) is 0. The highest BCUT2D eigenvalue weighted by Gasteiger charge is 2.37. The largest absolute Gasteiger partial charge is 0.278 e. The lowest BCUT2D eigenvalue weighted by Gasteiger charge is -2.22. The van der Waals surface area contributed by atoms with E-state index < -0.39 is 0 Å². The van der Waals surface area contributed by atoms with Crippen LogP contribution in [0, 0.1) is 0 Å². The minimum Gasteiger partial charge on any atom is -0.278 e. The number of aromatic nitrogens is 3. The van der Waals surface area contributed by atoms with E-state index in [2.05, 4.69) is 158 Å². The van der Waals surface area contributed by atoms with Gasteiger partial charge in [-0.3, -0.25) is 4.57 Å². The minimum absolute atomic E-state index is 0.153. The third-order valence-corrected chi connectivity index (χ3v) is 10.2. The first-order chi connectivity index (χ1) is 22.6. The van der Waals surface area contributed by atoms with E-state index in [1.807, 2.05) is 0 Å². The quantitative estimate of drug-likeness (QED) is 0.188. The highest BCUT2D eigenvalue weighted by atomic mass is 15.2. The molecule has 2 aromatic heterocycles. The number of hydrogen-bond acceptors (Lipinski definition) is 2. The number of nitrogens with zero attached hydrogens (tertiary/aromatic N) is 3. The third-order valence-electron chi connectivity index (χ3n) is 10.2. The van der Waals surface area contributed by atoms with Crippen molar-refractivity contribution in [1.82, 2.24) is 14.5 Å². The van der Waals surface area contributed by atoms with Gasteiger partial charge in [-0.05, 0) is 74.8 Å². The van der Waals surface area contributed by atoms with E-state index in [1.54, 1.807) is 0 Å². The van der Waals surface area contributed by atoms with Crippen molar-refractivity contribution in [2.75, 3.05) is 0 Å². The number of hydrogen-bond donors (Lipinski definition) is 0. The van der Waals surface area contributed by atoms with Crippen LogP contribution in [-0.2, 0) is 5.41 Å². The topological polar surface area (TPSA) is 30.7 Å². The molecule has 0 bridgehead atoms. The summed E-state index contributed by atoms with van der Waals surface area (Å²) in [5.74, 6) is 0.688. The molecule has 0 fully saturated rings. The molecule has 0 saturated carbocycles. The maximum absolute atomic E-state index is 5.39. The van der Waals surface area contributed by atoms with Gasteiger partial charge in [0.1, 0.15) is 0 Å². The van der Waals surface area contributed by atoms with Gasteiger partial charge in [0.2, 0.25) is 5.95 Å². The van der Waals surface area contributed by atoms with Gasteiger partial charge in [-0.2, -0.15) is 0 Å². The van der Waals surface area contributed by atoms with Gasteiger partial charge in [0.05, 0.1) is 22.2 Å². The van der Waals surface area contributed by atoms with Crippen molar-refractivity contribution in [3.8, 4) is 28.3 Å². The summed E-state index contributed by atoms with van der Waals surface area (Å²) in [6.07, 6.45) is 0. The number of fused-ring (bicyclic) bond motifs is 10. The third kappa shape index (κ3) is 3.43. The fraction of sp³-hybridized carbons (Fsp3) is 0.0698. The van der Waals surface area contributed by atoms with Crippen molar-refractivity contribution in [2.45, 2.75) is 19.3 Å². The van der Waals surface area contributed by atoms with Crippen LogP contribution < -0.4 is 0 Å². The normalized spacial score (nSPS) is 13.6. The minimum atomic E-state index is -0.153. The van der Waals surface area contributed by atoms with E-state index in [0.29, 0.717) is 5.95 Å². The zero-order chi connectivity index (χ0) is 30.6. The predicted molar refractivity (Wildman–Crippen MR) is 192 cm³/mol. The molecular weight excluding hydrogens is 558 g/mol. The van der Waals surface area contributed by atoms with Crippen LogP contribution in [0.4, 0.5) is 0 Å². The molecule has 1 aliphatic rings. The Hall–Kier alpha value is -5.80. The summed E-state index contributed by atoms with van der Waals surface area (Å²) < 4.78 is 2.29. The van der Waals surface area contributed by atoms with Gasteiger partial charge in [-0.15, -0.1) is 0 Å². The van der Waals surface area contributed by atoms with Gasteiger partial charge < -0.3 is 0 Å². The van der Waals surface area contributed by atoms with Gasteiger partial charge in [0, 0.05) is 32.5 Å². The van der Waals surface area contributed by atoms with E-state index in [-0.39, 0.29) is 5.41 Å². The molecule has 2 heterocycles. The second-order valence-corrected chi connectivity index (χ2v) is 13.1. The van der Waals surface area contributed by atoms with Crippen LogP contribution >= 0.6 is 0 Å². The molecule has 216 valence electrons. The Kier molecular flexibility index (Phi) is 5.06. The Labute approximate surface area is 266 Å². The lowest BCUT2D eigenvalue weighted by molar-refractivity contribution is 0.661. The molecule has 0 spiro atoms. The highest BCUT2D eigenvalue weighted by Crippen LogP contribution is 2.52. The van der Waals surface area contributed by atoms with E-state index in [0.717, 1.165) is 38.6 Å². The molecule has 3 nitrogen and oxygen atoms in total. The Morgan fingerprint density at radius 1 is 0.478 bits per heavy atom. The molecule has 0 aliphatic heterocycles. The average molecular weight is 588 g/mol. The van der Waals surface area contributed by atoms with E-state index in [4.69, 9.17) is 9.97 Å². The fourth-order valence-corrected chi connectivity index (χ4v) is 7.86. The van der Waals surface area contributed by atoms with E-state index in [1.165, 1.54) is 49.2 Å². The van der Waals surface area contributed by atoms with Crippen LogP contribution in [0.15, 0.2) is 140 Å². The summed E-state index contributed by atoms with van der Waals surface area (Å²) in [5, 5.41) is 8.34. The standard InChI is InChI=1S/C43H29N3/c1-43(2)36-23-29-16-7-6-15-28(29)22-33(36)34-24-35-31-18-10-11-19-38(31)46(39(35)25-37(34)43)42-44-40(27-13-4-3-5-14-27)32-21-20-26-12-8-9-17-30(26)41(32)45-42/h3-25H,1-2H3. The smallest absolute Gasteiger partial charge is 0.235 e. The van der Waals surface area contributed by atoms with Crippen LogP contribution in [0.1, 0.15) is 25.0 Å². The van der Waals surface area contributed by atoms with E-state index in [9.17, 15) is 0 Å². The first-order valence-electron chi connectivity index (χ1n) is 15.9. The van der Waals surface area contributed by atoms with Crippen molar-refractivity contribution in [3.05, 3.63) is 151 Å². The summed E-state index contributed by atoms with van der Waals surface area (Å²) >= 11 is 0. The van der Waals surface area contributed by atoms with Crippen molar-refractivity contribution >= 4 is 54.3 Å². The highest BCUT2D eigenvalue weighted by molar-refractivity contribution is 6.13. The molecule has 0 N–H and O–H groups in total. The van der Waals surface area contributed by atoms with Crippen molar-refractivity contribution < 1.29 is 0 Å². The lowest BCUT2D eigenvalue weighted by Crippen LogP contribution is -2.15. The van der Waals surface area contributed by atoms with Crippen molar-refractivity contribution in [2.24, 2.45) is 0 Å². The summed E-state index contributed by atoms with van der Waals surface area (Å²) in [5.41, 5.74) is 10.4. The summed E-state index contributed by atoms with van der Waals surface area (Å²) in [6, 6.07) is 50.3. The van der Waals surface area contributed by atoms with Crippen LogP contribution in [-0.4, -0.2) is 14.5 Å². The van der Waals surface area contributed by atoms with Crippen molar-refractivity contribution in [3.63, 3.8) is 0 Å². The Morgan fingerprint density at radius 2 is 1.13 bits per heavy atom. The molecule has 46 heavy (non-hydrogen) atoms.